The Morgan fingerprint density at radius 1 is 0.848 bits per heavy atom. The smallest absolute Gasteiger partial charge is 0.308 e. The van der Waals surface area contributed by atoms with Crippen LogP contribution >= 0.6 is 11.3 Å². The van der Waals surface area contributed by atoms with Gasteiger partial charge in [-0.25, -0.2) is 0 Å². The van der Waals surface area contributed by atoms with Gasteiger partial charge >= 0.3 is 5.97 Å². The van der Waals surface area contributed by atoms with Crippen molar-refractivity contribution in [1.29, 1.82) is 0 Å². The predicted octanol–water partition coefficient (Wildman–Crippen LogP) is 1.87. The summed E-state index contributed by atoms with van der Waals surface area (Å²) in [4.78, 5) is 23.3. The van der Waals surface area contributed by atoms with E-state index in [4.69, 9.17) is 34.2 Å². The Morgan fingerprint density at radius 2 is 1.33 bits per heavy atom. The Hall–Kier alpha value is -1.76. The van der Waals surface area contributed by atoms with E-state index < -0.39 is 5.60 Å². The summed E-state index contributed by atoms with van der Waals surface area (Å²) in [7, 11) is 0. The molecule has 0 saturated heterocycles. The van der Waals surface area contributed by atoms with Crippen LogP contribution in [0.3, 0.4) is 0 Å². The first-order valence-electron chi connectivity index (χ1n) is 11.0. The van der Waals surface area contributed by atoms with Crippen LogP contribution in [-0.4, -0.2) is 90.1 Å². The average Bonchev–Trinajstić information content (AvgIpc) is 3.17. The zero-order valence-electron chi connectivity index (χ0n) is 19.9. The van der Waals surface area contributed by atoms with Gasteiger partial charge in [0.15, 0.2) is 0 Å². The second kappa shape index (κ2) is 17.7. The molecule has 0 atom stereocenters. The van der Waals surface area contributed by atoms with Gasteiger partial charge in [-0.1, -0.05) is 0 Å². The highest BCUT2D eigenvalue weighted by Crippen LogP contribution is 2.18. The summed E-state index contributed by atoms with van der Waals surface area (Å²) in [6.07, 6.45) is 0.229. The predicted molar refractivity (Wildman–Crippen MR) is 126 cm³/mol. The first kappa shape index (κ1) is 29.3. The molecule has 0 aliphatic rings. The van der Waals surface area contributed by atoms with E-state index in [9.17, 15) is 9.59 Å². The second-order valence-corrected chi connectivity index (χ2v) is 8.80. The molecule has 33 heavy (non-hydrogen) atoms. The van der Waals surface area contributed by atoms with Crippen molar-refractivity contribution in [2.75, 3.05) is 78.3 Å². The lowest BCUT2D eigenvalue weighted by Crippen LogP contribution is -2.27. The molecule has 0 saturated carbocycles. The van der Waals surface area contributed by atoms with Crippen molar-refractivity contribution in [2.24, 2.45) is 0 Å². The molecule has 0 aromatic carbocycles. The van der Waals surface area contributed by atoms with Gasteiger partial charge in [-0.15, -0.1) is 11.3 Å². The van der Waals surface area contributed by atoms with Crippen molar-refractivity contribution in [1.82, 2.24) is 5.32 Å². The van der Waals surface area contributed by atoms with Gasteiger partial charge < -0.3 is 39.5 Å². The number of anilines is 1. The molecule has 1 rings (SSSR count). The molecule has 1 aromatic rings. The number of nitrogens with one attached hydrogen (secondary N) is 1. The zero-order chi connectivity index (χ0) is 24.4. The number of carbonyl (C=O) groups is 2. The van der Waals surface area contributed by atoms with Crippen LogP contribution in [0.25, 0.3) is 0 Å². The molecular weight excluding hydrogens is 452 g/mol. The standard InChI is InChI=1S/C22H38N2O8S/c1-22(2,3)32-19(25)4-7-27-9-11-29-13-15-31-16-14-30-12-10-28-8-6-24-21(26)18-5-17-33-20(18)23/h5,17H,4,6-16,23H2,1-3H3,(H,24,26). The monoisotopic (exact) mass is 490 g/mol. The Kier molecular flexibility index (Phi) is 15.7. The fourth-order valence-electron chi connectivity index (χ4n) is 2.37. The van der Waals surface area contributed by atoms with E-state index in [-0.39, 0.29) is 18.3 Å². The van der Waals surface area contributed by atoms with Gasteiger partial charge in [0.05, 0.1) is 83.1 Å². The van der Waals surface area contributed by atoms with Crippen LogP contribution in [0, 0.1) is 0 Å². The summed E-state index contributed by atoms with van der Waals surface area (Å²) >= 11 is 1.33. The first-order valence-corrected chi connectivity index (χ1v) is 11.9. The van der Waals surface area contributed by atoms with Gasteiger partial charge in [-0.2, -0.15) is 0 Å². The number of ether oxygens (including phenoxy) is 6. The van der Waals surface area contributed by atoms with Crippen LogP contribution in [0.1, 0.15) is 37.6 Å². The maximum absolute atomic E-state index is 11.8. The van der Waals surface area contributed by atoms with Crippen LogP contribution in [0.2, 0.25) is 0 Å². The van der Waals surface area contributed by atoms with Gasteiger partial charge in [0.2, 0.25) is 0 Å². The molecule has 0 radical (unpaired) electrons. The molecule has 1 amide bonds. The van der Waals surface area contributed by atoms with Gasteiger partial charge in [0, 0.05) is 6.54 Å². The fraction of sp³-hybridized carbons (Fsp3) is 0.727. The Labute approximate surface area is 200 Å². The van der Waals surface area contributed by atoms with Crippen LogP contribution in [0.4, 0.5) is 5.00 Å². The van der Waals surface area contributed by atoms with Gasteiger partial charge in [0.25, 0.3) is 5.91 Å². The number of hydrogen-bond donors (Lipinski definition) is 2. The zero-order valence-corrected chi connectivity index (χ0v) is 20.7. The Balaban J connectivity index is 1.76. The molecule has 1 heterocycles. The van der Waals surface area contributed by atoms with E-state index in [1.54, 1.807) is 11.4 Å². The maximum atomic E-state index is 11.8. The highest BCUT2D eigenvalue weighted by atomic mass is 32.1. The molecule has 0 bridgehead atoms. The number of nitrogens with two attached hydrogens (primary N) is 1. The Morgan fingerprint density at radius 3 is 1.79 bits per heavy atom. The summed E-state index contributed by atoms with van der Waals surface area (Å²) in [6, 6.07) is 1.70. The highest BCUT2D eigenvalue weighted by Gasteiger charge is 2.15. The molecule has 0 fully saturated rings. The molecule has 0 aliphatic heterocycles. The number of carbonyl (C=O) groups excluding carboxylic acids is 2. The molecule has 0 aliphatic carbocycles. The molecule has 11 heteroatoms. The summed E-state index contributed by atoms with van der Waals surface area (Å²) in [5.74, 6) is -0.463. The number of rotatable bonds is 19. The van der Waals surface area contributed by atoms with Crippen molar-refractivity contribution < 1.29 is 38.0 Å². The lowest BCUT2D eigenvalue weighted by molar-refractivity contribution is -0.156. The van der Waals surface area contributed by atoms with Crippen molar-refractivity contribution in [3.63, 3.8) is 0 Å². The fourth-order valence-corrected chi connectivity index (χ4v) is 3.01. The van der Waals surface area contributed by atoms with E-state index in [2.05, 4.69) is 5.32 Å². The lowest BCUT2D eigenvalue weighted by Gasteiger charge is -2.19. The number of esters is 1. The number of thiophene rings is 1. The lowest BCUT2D eigenvalue weighted by atomic mass is 10.2. The molecule has 0 spiro atoms. The third kappa shape index (κ3) is 16.5. The maximum Gasteiger partial charge on any atom is 0.308 e. The molecule has 0 unspecified atom stereocenters. The highest BCUT2D eigenvalue weighted by molar-refractivity contribution is 7.14. The summed E-state index contributed by atoms with van der Waals surface area (Å²) < 4.78 is 32.1. The Bertz CT molecular complexity index is 663. The molecular formula is C22H38N2O8S. The minimum Gasteiger partial charge on any atom is -0.460 e. The van der Waals surface area contributed by atoms with Gasteiger partial charge in [-0.05, 0) is 32.2 Å². The average molecular weight is 491 g/mol. The van der Waals surface area contributed by atoms with Crippen LogP contribution in [-0.2, 0) is 33.2 Å². The normalized spacial score (nSPS) is 11.5. The summed E-state index contributed by atoms with van der Waals surface area (Å²) in [6.45, 7) is 10.2. The number of hydrogen-bond acceptors (Lipinski definition) is 10. The number of amides is 1. The van der Waals surface area contributed by atoms with Gasteiger partial charge in [0.1, 0.15) is 5.60 Å². The van der Waals surface area contributed by atoms with Crippen molar-refractivity contribution >= 4 is 28.2 Å². The third-order valence-electron chi connectivity index (χ3n) is 3.83. The van der Waals surface area contributed by atoms with E-state index in [1.165, 1.54) is 11.3 Å². The minimum absolute atomic E-state index is 0.194. The molecule has 3 N–H and O–H groups in total. The third-order valence-corrected chi connectivity index (χ3v) is 4.58. The van der Waals surface area contributed by atoms with E-state index in [1.807, 2.05) is 20.8 Å². The quantitative estimate of drug-likeness (QED) is 0.221. The van der Waals surface area contributed by atoms with Crippen LogP contribution in [0.15, 0.2) is 11.4 Å². The largest absolute Gasteiger partial charge is 0.460 e. The minimum atomic E-state index is -0.473. The SMILES string of the molecule is CC(C)(C)OC(=O)CCOCCOCCOCCOCCOCCNC(=O)c1ccsc1N. The van der Waals surface area contributed by atoms with E-state index >= 15 is 0 Å². The van der Waals surface area contributed by atoms with Crippen LogP contribution in [0.5, 0.6) is 0 Å². The molecule has 10 nitrogen and oxygen atoms in total. The van der Waals surface area contributed by atoms with Gasteiger partial charge in [-0.3, -0.25) is 9.59 Å². The van der Waals surface area contributed by atoms with E-state index in [0.717, 1.165) is 0 Å². The molecule has 1 aromatic heterocycles. The first-order chi connectivity index (χ1) is 15.8. The van der Waals surface area contributed by atoms with Crippen molar-refractivity contribution in [3.8, 4) is 0 Å². The topological polar surface area (TPSA) is 128 Å². The number of nitrogen functional groups attached to an aromatic ring is 1. The molecule has 190 valence electrons. The van der Waals surface area contributed by atoms with Crippen molar-refractivity contribution in [2.45, 2.75) is 32.8 Å². The summed E-state index contributed by atoms with van der Waals surface area (Å²) in [5, 5.41) is 5.04. The van der Waals surface area contributed by atoms with E-state index in [0.29, 0.717) is 83.2 Å². The second-order valence-electron chi connectivity index (χ2n) is 7.85. The summed E-state index contributed by atoms with van der Waals surface area (Å²) in [5.41, 5.74) is 5.73. The van der Waals surface area contributed by atoms with Crippen molar-refractivity contribution in [3.05, 3.63) is 17.0 Å². The van der Waals surface area contributed by atoms with Crippen LogP contribution < -0.4 is 11.1 Å².